The number of benzene rings is 2. The first kappa shape index (κ1) is 9.41. The van der Waals surface area contributed by atoms with Crippen molar-refractivity contribution in [1.82, 2.24) is 0 Å². The lowest BCUT2D eigenvalue weighted by Crippen LogP contribution is -2.03. The van der Waals surface area contributed by atoms with Gasteiger partial charge < -0.3 is 0 Å². The largest absolute Gasteiger partial charge is 0.287 e. The van der Waals surface area contributed by atoms with Crippen LogP contribution in [-0.4, -0.2) is 12.5 Å². The molecule has 0 unspecified atom stereocenters. The highest BCUT2D eigenvalue weighted by Crippen LogP contribution is 2.21. The smallest absolute Gasteiger partial charge is 0.191 e. The van der Waals surface area contributed by atoms with Crippen LogP contribution in [0.5, 0.6) is 5.75 Å². The Morgan fingerprint density at radius 1 is 0.929 bits per heavy atom. The molecule has 0 saturated carbocycles. The molecule has 0 radical (unpaired) electrons. The van der Waals surface area contributed by atoms with Crippen LogP contribution in [0.2, 0.25) is 0 Å². The van der Waals surface area contributed by atoms with E-state index < -0.39 is 0 Å². The van der Waals surface area contributed by atoms with E-state index >= 15 is 0 Å². The molecule has 72 valence electrons. The molecule has 2 aromatic carbocycles. The first-order valence-electron chi connectivity index (χ1n) is 4.50. The third kappa shape index (κ3) is 2.02. The van der Waals surface area contributed by atoms with Gasteiger partial charge >= 0.3 is 0 Å². The van der Waals surface area contributed by atoms with Crippen molar-refractivity contribution < 1.29 is 4.18 Å². The molecule has 2 heteroatoms. The van der Waals surface area contributed by atoms with Gasteiger partial charge in [0, 0.05) is 0 Å². The second-order valence-electron chi connectivity index (χ2n) is 3.33. The van der Waals surface area contributed by atoms with Crippen LogP contribution in [0, 0.1) is 0 Å². The van der Waals surface area contributed by atoms with Crippen LogP contribution in [0.4, 0.5) is 0 Å². The third-order valence-corrected chi connectivity index (χ3v) is 2.51. The van der Waals surface area contributed by atoms with Gasteiger partial charge in [-0.2, -0.15) is 0 Å². The fourth-order valence-corrected chi connectivity index (χ4v) is 1.90. The molecule has 0 aliphatic heterocycles. The van der Waals surface area contributed by atoms with Crippen LogP contribution in [0.3, 0.4) is 0 Å². The monoisotopic (exact) mass is 205 g/mol. The average molecular weight is 205 g/mol. The Morgan fingerprint density at radius 2 is 1.64 bits per heavy atom. The van der Waals surface area contributed by atoms with Gasteiger partial charge in [0.25, 0.3) is 0 Å². The molecule has 0 fully saturated rings. The number of fused-ring (bicyclic) bond motifs is 1. The molecule has 0 bridgehead atoms. The third-order valence-electron chi connectivity index (χ3n) is 1.98. The Bertz CT molecular complexity index is 437. The molecule has 0 amide bonds. The Labute approximate surface area is 87.3 Å². The summed E-state index contributed by atoms with van der Waals surface area (Å²) in [6.45, 7) is 0. The van der Waals surface area contributed by atoms with Gasteiger partial charge in [0.05, 0.1) is 0 Å². The topological polar surface area (TPSA) is 9.23 Å². The lowest BCUT2D eigenvalue weighted by Gasteiger charge is -2.01. The summed E-state index contributed by atoms with van der Waals surface area (Å²) < 4.78 is 5.65. The second kappa shape index (κ2) is 3.93. The zero-order chi connectivity index (χ0) is 9.97. The predicted octanol–water partition coefficient (Wildman–Crippen LogP) is 3.01. The van der Waals surface area contributed by atoms with E-state index in [1.807, 2.05) is 18.2 Å². The van der Waals surface area contributed by atoms with E-state index in [2.05, 4.69) is 36.8 Å². The molecule has 0 spiro atoms. The molecule has 14 heavy (non-hydrogen) atoms. The zero-order valence-electron chi connectivity index (χ0n) is 8.36. The van der Waals surface area contributed by atoms with Gasteiger partial charge in [0.1, 0.15) is 12.5 Å². The number of rotatable bonds is 2. The summed E-state index contributed by atoms with van der Waals surface area (Å²) in [6.07, 6.45) is 4.13. The minimum atomic E-state index is -0.00945. The van der Waals surface area contributed by atoms with E-state index in [4.69, 9.17) is 4.18 Å². The highest BCUT2D eigenvalue weighted by atomic mass is 32.2. The first-order valence-corrected chi connectivity index (χ1v) is 6.47. The Morgan fingerprint density at radius 3 is 2.36 bits per heavy atom. The minimum Gasteiger partial charge on any atom is -0.287 e. The molecule has 0 saturated heterocycles. The molecule has 0 aliphatic carbocycles. The van der Waals surface area contributed by atoms with Crippen LogP contribution in [0.1, 0.15) is 0 Å². The molecule has 1 nitrogen and oxygen atoms in total. The molecule has 2 rings (SSSR count). The van der Waals surface area contributed by atoms with E-state index in [-0.39, 0.29) is 11.2 Å². The molecule has 0 N–H and O–H groups in total. The lowest BCUT2D eigenvalue weighted by atomic mass is 10.1. The number of hydrogen-bond acceptors (Lipinski definition) is 1. The summed E-state index contributed by atoms with van der Waals surface area (Å²) in [5.41, 5.74) is 0. The van der Waals surface area contributed by atoms with Crippen molar-refractivity contribution >= 4 is 21.9 Å². The van der Waals surface area contributed by atoms with Crippen LogP contribution in [0.25, 0.3) is 10.8 Å². The summed E-state index contributed by atoms with van der Waals surface area (Å²) in [6, 6.07) is 14.5. The van der Waals surface area contributed by atoms with Gasteiger partial charge in [-0.05, 0) is 22.9 Å². The molecular formula is C12H13OS+. The van der Waals surface area contributed by atoms with Crippen molar-refractivity contribution in [3.63, 3.8) is 0 Å². The van der Waals surface area contributed by atoms with E-state index in [1.165, 1.54) is 10.8 Å². The van der Waals surface area contributed by atoms with E-state index in [9.17, 15) is 0 Å². The summed E-state index contributed by atoms with van der Waals surface area (Å²) in [5, 5.41) is 2.49. The molecule has 0 heterocycles. The summed E-state index contributed by atoms with van der Waals surface area (Å²) in [7, 11) is 0. The molecule has 0 aliphatic rings. The predicted molar refractivity (Wildman–Crippen MR) is 63.8 cm³/mol. The summed E-state index contributed by atoms with van der Waals surface area (Å²) in [5.74, 6) is 0.956. The van der Waals surface area contributed by atoms with E-state index in [0.29, 0.717) is 0 Å². The molecule has 0 atom stereocenters. The summed E-state index contributed by atoms with van der Waals surface area (Å²) >= 11 is -0.00945. The second-order valence-corrected chi connectivity index (χ2v) is 4.98. The maximum absolute atomic E-state index is 5.65. The van der Waals surface area contributed by atoms with Crippen LogP contribution >= 0.6 is 0 Å². The van der Waals surface area contributed by atoms with Gasteiger partial charge in [0.2, 0.25) is 0 Å². The molecular weight excluding hydrogens is 192 g/mol. The summed E-state index contributed by atoms with van der Waals surface area (Å²) in [4.78, 5) is 0. The van der Waals surface area contributed by atoms with E-state index in [0.717, 1.165) is 5.75 Å². The Hall–Kier alpha value is -1.15. The molecule has 2 aromatic rings. The standard InChI is InChI=1S/C12H13OS/c1-14(2)13-12-8-7-10-5-3-4-6-11(10)9-12/h3-9H,1-2H3/q+1. The van der Waals surface area contributed by atoms with Crippen molar-refractivity contribution in [2.45, 2.75) is 0 Å². The van der Waals surface area contributed by atoms with E-state index in [1.54, 1.807) is 0 Å². The quantitative estimate of drug-likeness (QED) is 0.685. The fraction of sp³-hybridized carbons (Fsp3) is 0.167. The van der Waals surface area contributed by atoms with Crippen molar-refractivity contribution in [3.05, 3.63) is 42.5 Å². The van der Waals surface area contributed by atoms with Crippen LogP contribution < -0.4 is 4.18 Å². The van der Waals surface area contributed by atoms with Gasteiger partial charge in [-0.3, -0.25) is 4.18 Å². The SMILES string of the molecule is C[S+](C)Oc1ccc2ccccc2c1. The van der Waals surface area contributed by atoms with Gasteiger partial charge in [-0.25, -0.2) is 0 Å². The lowest BCUT2D eigenvalue weighted by molar-refractivity contribution is 0.636. The van der Waals surface area contributed by atoms with Gasteiger partial charge in [0.15, 0.2) is 16.9 Å². The minimum absolute atomic E-state index is 0.00945. The Kier molecular flexibility index (Phi) is 2.64. The highest BCUT2D eigenvalue weighted by Gasteiger charge is 2.06. The van der Waals surface area contributed by atoms with Crippen LogP contribution in [0.15, 0.2) is 42.5 Å². The highest BCUT2D eigenvalue weighted by molar-refractivity contribution is 7.91. The fourth-order valence-electron chi connectivity index (χ4n) is 1.41. The zero-order valence-corrected chi connectivity index (χ0v) is 9.17. The maximum Gasteiger partial charge on any atom is 0.191 e. The van der Waals surface area contributed by atoms with Gasteiger partial charge in [-0.15, -0.1) is 0 Å². The molecule has 0 aromatic heterocycles. The maximum atomic E-state index is 5.65. The Balaban J connectivity index is 2.41. The average Bonchev–Trinajstić information content (AvgIpc) is 2.17. The normalized spacial score (nSPS) is 10.8. The van der Waals surface area contributed by atoms with Crippen molar-refractivity contribution in [3.8, 4) is 5.75 Å². The van der Waals surface area contributed by atoms with Crippen LogP contribution in [-0.2, 0) is 11.2 Å². The number of hydrogen-bond donors (Lipinski definition) is 0. The van der Waals surface area contributed by atoms with Crippen molar-refractivity contribution in [2.24, 2.45) is 0 Å². The van der Waals surface area contributed by atoms with Crippen molar-refractivity contribution in [1.29, 1.82) is 0 Å². The van der Waals surface area contributed by atoms with Crippen molar-refractivity contribution in [2.75, 3.05) is 12.5 Å². The first-order chi connectivity index (χ1) is 6.75. The van der Waals surface area contributed by atoms with Gasteiger partial charge in [-0.1, -0.05) is 30.3 Å².